The van der Waals surface area contributed by atoms with Crippen LogP contribution in [0.1, 0.15) is 53.3 Å². The molecule has 0 aromatic heterocycles. The molecule has 2 aliphatic rings. The summed E-state index contributed by atoms with van der Waals surface area (Å²) in [5.41, 5.74) is 0.898. The molecule has 2 N–H and O–H groups in total. The van der Waals surface area contributed by atoms with E-state index >= 15 is 0 Å². The Morgan fingerprint density at radius 2 is 1.11 bits per heavy atom. The summed E-state index contributed by atoms with van der Waals surface area (Å²) in [6, 6.07) is 3.89. The highest BCUT2D eigenvalue weighted by atomic mass is 16.6. The maximum absolute atomic E-state index is 13.1. The number of esters is 1. The first-order chi connectivity index (χ1) is 26.9. The number of carbonyl (C=O) groups excluding carboxylic acids is 5. The molecule has 0 radical (unpaired) electrons. The second kappa shape index (κ2) is 28.8. The van der Waals surface area contributed by atoms with Gasteiger partial charge in [-0.05, 0) is 25.0 Å². The van der Waals surface area contributed by atoms with Crippen LogP contribution < -0.4 is 10.6 Å². The number of piperidine rings is 1. The van der Waals surface area contributed by atoms with Crippen LogP contribution in [0.4, 0.5) is 5.69 Å². The Balaban J connectivity index is 1.02. The topological polar surface area (TPSA) is 205 Å². The average Bonchev–Trinajstić information content (AvgIpc) is 3.43. The van der Waals surface area contributed by atoms with E-state index in [0.717, 1.165) is 11.3 Å². The zero-order chi connectivity index (χ0) is 39.4. The predicted octanol–water partition coefficient (Wildman–Crippen LogP) is 0.992. The molecule has 0 bridgehead atoms. The molecule has 310 valence electrons. The number of anilines is 1. The quantitative estimate of drug-likeness (QED) is 0.0568. The SMILES string of the molecule is CCCC(=O)OCCOCCOCCOCCOCCOCCOCCOCCOCCOCCNc1cccc2c1C(=O)N(C1CCC(=O)NC1=O)C2=O. The van der Waals surface area contributed by atoms with E-state index in [9.17, 15) is 24.0 Å². The highest BCUT2D eigenvalue weighted by molar-refractivity contribution is 6.25. The molecule has 18 nitrogen and oxygen atoms in total. The average molecular weight is 784 g/mol. The van der Waals surface area contributed by atoms with E-state index in [1.54, 1.807) is 18.2 Å². The van der Waals surface area contributed by atoms with Crippen molar-refractivity contribution in [1.82, 2.24) is 10.2 Å². The lowest BCUT2D eigenvalue weighted by Gasteiger charge is -2.27. The Kier molecular flexibility index (Phi) is 24.0. The zero-order valence-electron chi connectivity index (χ0n) is 31.9. The second-order valence-corrected chi connectivity index (χ2v) is 12.1. The number of hydrogen-bond acceptors (Lipinski definition) is 16. The number of benzene rings is 1. The minimum Gasteiger partial charge on any atom is -0.463 e. The fourth-order valence-electron chi connectivity index (χ4n) is 5.27. The van der Waals surface area contributed by atoms with Crippen molar-refractivity contribution in [1.29, 1.82) is 0 Å². The molecular formula is C37H57N3O15. The lowest BCUT2D eigenvalue weighted by molar-refractivity contribution is -0.145. The normalized spacial score (nSPS) is 15.4. The predicted molar refractivity (Wildman–Crippen MR) is 195 cm³/mol. The minimum atomic E-state index is -1.01. The van der Waals surface area contributed by atoms with Crippen molar-refractivity contribution in [2.75, 3.05) is 137 Å². The van der Waals surface area contributed by atoms with Crippen LogP contribution >= 0.6 is 0 Å². The van der Waals surface area contributed by atoms with Gasteiger partial charge in [0.15, 0.2) is 0 Å². The van der Waals surface area contributed by atoms with Crippen LogP contribution in [0.25, 0.3) is 0 Å². The minimum absolute atomic E-state index is 0.0634. The summed E-state index contributed by atoms with van der Waals surface area (Å²) < 4.78 is 54.2. The first-order valence-corrected chi connectivity index (χ1v) is 18.9. The number of hydrogen-bond donors (Lipinski definition) is 2. The molecule has 2 heterocycles. The Hall–Kier alpha value is -3.59. The molecule has 18 heteroatoms. The standard InChI is InChI=1S/C37H57N3O15/c1-2-4-33(42)55-28-27-54-26-25-53-24-23-52-22-21-51-20-19-50-18-17-49-16-15-48-14-13-47-12-11-46-10-9-38-30-6-3-5-29-34(30)37(45)40(36(29)44)31-7-8-32(41)39-35(31)43/h3,5-6,31,38H,2,4,7-28H2,1H3,(H,39,41,43). The molecule has 0 spiro atoms. The summed E-state index contributed by atoms with van der Waals surface area (Å²) in [6.45, 7) is 10.3. The smallest absolute Gasteiger partial charge is 0.305 e. The number of imide groups is 2. The maximum atomic E-state index is 13.1. The molecular weight excluding hydrogens is 726 g/mol. The van der Waals surface area contributed by atoms with E-state index in [2.05, 4.69) is 10.6 Å². The Bertz CT molecular complexity index is 1300. The van der Waals surface area contributed by atoms with Gasteiger partial charge in [-0.1, -0.05) is 13.0 Å². The van der Waals surface area contributed by atoms with Gasteiger partial charge in [0, 0.05) is 25.1 Å². The van der Waals surface area contributed by atoms with E-state index in [-0.39, 0.29) is 36.5 Å². The number of carbonyl (C=O) groups is 5. The fourth-order valence-corrected chi connectivity index (χ4v) is 5.27. The zero-order valence-corrected chi connectivity index (χ0v) is 31.9. The molecule has 3 rings (SSSR count). The second-order valence-electron chi connectivity index (χ2n) is 12.1. The van der Waals surface area contributed by atoms with Gasteiger partial charge in [0.2, 0.25) is 11.8 Å². The molecule has 1 saturated heterocycles. The van der Waals surface area contributed by atoms with Crippen LogP contribution in [-0.2, 0) is 61.8 Å². The van der Waals surface area contributed by atoms with Gasteiger partial charge in [0.25, 0.3) is 11.8 Å². The van der Waals surface area contributed by atoms with Crippen LogP contribution in [-0.4, -0.2) is 173 Å². The highest BCUT2D eigenvalue weighted by Crippen LogP contribution is 2.32. The third kappa shape index (κ3) is 18.3. The van der Waals surface area contributed by atoms with Crippen LogP contribution in [0.3, 0.4) is 0 Å². The van der Waals surface area contributed by atoms with E-state index in [1.165, 1.54) is 0 Å². The van der Waals surface area contributed by atoms with Crippen molar-refractivity contribution in [2.24, 2.45) is 0 Å². The molecule has 0 saturated carbocycles. The van der Waals surface area contributed by atoms with Crippen molar-refractivity contribution < 1.29 is 71.3 Å². The van der Waals surface area contributed by atoms with E-state index in [1.807, 2.05) is 6.92 Å². The van der Waals surface area contributed by atoms with Gasteiger partial charge >= 0.3 is 5.97 Å². The highest BCUT2D eigenvalue weighted by Gasteiger charge is 2.45. The molecule has 1 atom stereocenters. The largest absolute Gasteiger partial charge is 0.463 e. The van der Waals surface area contributed by atoms with Gasteiger partial charge in [-0.15, -0.1) is 0 Å². The molecule has 1 fully saturated rings. The summed E-state index contributed by atoms with van der Waals surface area (Å²) in [5.74, 6) is -2.38. The summed E-state index contributed by atoms with van der Waals surface area (Å²) in [5, 5.41) is 5.32. The number of rotatable bonds is 34. The summed E-state index contributed by atoms with van der Waals surface area (Å²) in [7, 11) is 0. The fraction of sp³-hybridized carbons (Fsp3) is 0.703. The number of amides is 4. The number of nitrogens with one attached hydrogen (secondary N) is 2. The van der Waals surface area contributed by atoms with Crippen LogP contribution in [0.5, 0.6) is 0 Å². The van der Waals surface area contributed by atoms with Gasteiger partial charge in [-0.25, -0.2) is 0 Å². The van der Waals surface area contributed by atoms with Gasteiger partial charge in [0.1, 0.15) is 12.6 Å². The number of nitrogens with zero attached hydrogens (tertiary/aromatic N) is 1. The van der Waals surface area contributed by atoms with Gasteiger partial charge in [0.05, 0.1) is 130 Å². The van der Waals surface area contributed by atoms with E-state index in [4.69, 9.17) is 47.4 Å². The van der Waals surface area contributed by atoms with Crippen LogP contribution in [0.15, 0.2) is 18.2 Å². The van der Waals surface area contributed by atoms with Gasteiger partial charge < -0.3 is 52.7 Å². The monoisotopic (exact) mass is 783 g/mol. The van der Waals surface area contributed by atoms with Crippen LogP contribution in [0, 0.1) is 0 Å². The van der Waals surface area contributed by atoms with Crippen molar-refractivity contribution in [3.63, 3.8) is 0 Å². The third-order valence-corrected chi connectivity index (χ3v) is 7.95. The molecule has 4 amide bonds. The first kappa shape index (κ1) is 45.8. The molecule has 1 aromatic rings. The van der Waals surface area contributed by atoms with Crippen LogP contribution in [0.2, 0.25) is 0 Å². The number of fused-ring (bicyclic) bond motifs is 1. The maximum Gasteiger partial charge on any atom is 0.305 e. The molecule has 1 aromatic carbocycles. The molecule has 1 unspecified atom stereocenters. The van der Waals surface area contributed by atoms with E-state index in [0.29, 0.717) is 138 Å². The van der Waals surface area contributed by atoms with Gasteiger partial charge in [-0.3, -0.25) is 34.2 Å². The first-order valence-electron chi connectivity index (χ1n) is 18.9. The van der Waals surface area contributed by atoms with E-state index < -0.39 is 29.7 Å². The van der Waals surface area contributed by atoms with Crippen molar-refractivity contribution in [2.45, 2.75) is 38.6 Å². The Labute approximate surface area is 322 Å². The van der Waals surface area contributed by atoms with Gasteiger partial charge in [-0.2, -0.15) is 0 Å². The summed E-state index contributed by atoms with van der Waals surface area (Å²) >= 11 is 0. The van der Waals surface area contributed by atoms with Crippen molar-refractivity contribution in [3.05, 3.63) is 29.3 Å². The third-order valence-electron chi connectivity index (χ3n) is 7.95. The lowest BCUT2D eigenvalue weighted by atomic mass is 10.0. The summed E-state index contributed by atoms with van der Waals surface area (Å²) in [6.07, 6.45) is 1.37. The molecule has 0 aliphatic carbocycles. The van der Waals surface area contributed by atoms with Crippen molar-refractivity contribution in [3.8, 4) is 0 Å². The molecule has 2 aliphatic heterocycles. The van der Waals surface area contributed by atoms with Crippen molar-refractivity contribution >= 4 is 35.3 Å². The lowest BCUT2D eigenvalue weighted by Crippen LogP contribution is -2.54. The summed E-state index contributed by atoms with van der Waals surface area (Å²) in [4.78, 5) is 62.0. The Morgan fingerprint density at radius 1 is 0.655 bits per heavy atom. The molecule has 55 heavy (non-hydrogen) atoms. The Morgan fingerprint density at radius 3 is 1.56 bits per heavy atom. The number of ether oxygens (including phenoxy) is 10.